The van der Waals surface area contributed by atoms with Crippen LogP contribution < -0.4 is 20.7 Å². The fourth-order valence-corrected chi connectivity index (χ4v) is 16.5. The number of nitrogens with zero attached hydrogens (tertiary/aromatic N) is 3. The van der Waals surface area contributed by atoms with Gasteiger partial charge in [0.1, 0.15) is 0 Å². The molecule has 4 heterocycles. The van der Waals surface area contributed by atoms with E-state index in [9.17, 15) is 0 Å². The van der Waals surface area contributed by atoms with Gasteiger partial charge >= 0.3 is 6.85 Å². The number of hydrogen-bond donors (Lipinski definition) is 0. The van der Waals surface area contributed by atoms with Gasteiger partial charge in [0, 0.05) is 104 Å². The number of aromatic nitrogens is 1. The SMILES string of the molecule is CC(C)(C)c1ccc(N2c3cc4c(cc3B3c5c2cc2c(sc6ccccc62)c5-c2cc(N(c5ccccc5)c5ccccc5)cc5c6c(n3c25)-c2ccccc2C6(C)C)C(C)(C)c2ccccc2C4(C)C)c(-c2ccccc2)c1. The predicted molar refractivity (Wildman–Crippen MR) is 342 cm³/mol. The Morgan fingerprint density at radius 1 is 0.450 bits per heavy atom. The number of hydrogen-bond acceptors (Lipinski definition) is 3. The summed E-state index contributed by atoms with van der Waals surface area (Å²) in [4.78, 5) is 5.21. The Labute approximate surface area is 474 Å². The normalized spacial score (nSPS) is 15.6. The topological polar surface area (TPSA) is 11.4 Å². The van der Waals surface area contributed by atoms with Crippen LogP contribution >= 0.6 is 11.3 Å². The first kappa shape index (κ1) is 47.6. The number of para-hydroxylation sites is 2. The molecule has 3 nitrogen and oxygen atoms in total. The molecule has 0 N–H and O–H groups in total. The number of rotatable bonds is 5. The molecular weight excluding hydrogens is 986 g/mol. The lowest BCUT2D eigenvalue weighted by atomic mass is 9.44. The van der Waals surface area contributed by atoms with Gasteiger partial charge in [-0.05, 0) is 128 Å². The van der Waals surface area contributed by atoms with Crippen molar-refractivity contribution in [2.24, 2.45) is 0 Å². The lowest BCUT2D eigenvalue weighted by molar-refractivity contribution is 0.521. The molecule has 386 valence electrons. The average Bonchev–Trinajstić information content (AvgIpc) is 4.05. The molecule has 16 rings (SSSR count). The van der Waals surface area contributed by atoms with Crippen molar-refractivity contribution in [1.82, 2.24) is 4.48 Å². The monoisotopic (exact) mass is 1050 g/mol. The number of fused-ring (bicyclic) bond motifs is 15. The van der Waals surface area contributed by atoms with Crippen molar-refractivity contribution in [2.45, 2.75) is 84.0 Å². The third kappa shape index (κ3) is 6.33. The lowest BCUT2D eigenvalue weighted by Gasteiger charge is -2.47. The molecule has 2 aliphatic carbocycles. The fourth-order valence-electron chi connectivity index (χ4n) is 15.2. The van der Waals surface area contributed by atoms with Crippen molar-refractivity contribution < 1.29 is 0 Å². The highest BCUT2D eigenvalue weighted by atomic mass is 32.1. The molecule has 0 spiro atoms. The van der Waals surface area contributed by atoms with Gasteiger partial charge in [0.2, 0.25) is 0 Å². The van der Waals surface area contributed by atoms with E-state index in [1.165, 1.54) is 132 Å². The first-order chi connectivity index (χ1) is 38.6. The minimum absolute atomic E-state index is 0.0677. The van der Waals surface area contributed by atoms with Gasteiger partial charge in [-0.25, -0.2) is 0 Å². The van der Waals surface area contributed by atoms with Crippen molar-refractivity contribution in [3.63, 3.8) is 0 Å². The maximum absolute atomic E-state index is 2.86. The van der Waals surface area contributed by atoms with Gasteiger partial charge in [0.25, 0.3) is 0 Å². The summed E-state index contributed by atoms with van der Waals surface area (Å²) in [6.07, 6.45) is 0. The summed E-state index contributed by atoms with van der Waals surface area (Å²) < 4.78 is 5.50. The molecule has 0 radical (unpaired) electrons. The van der Waals surface area contributed by atoms with Crippen LogP contribution in [-0.4, -0.2) is 11.3 Å². The quantitative estimate of drug-likeness (QED) is 0.159. The summed E-state index contributed by atoms with van der Waals surface area (Å²) in [5.74, 6) is 0. The molecule has 0 saturated carbocycles. The van der Waals surface area contributed by atoms with Gasteiger partial charge in [0.15, 0.2) is 0 Å². The molecule has 2 aliphatic heterocycles. The van der Waals surface area contributed by atoms with E-state index in [1.807, 2.05) is 11.3 Å². The molecule has 5 heteroatoms. The third-order valence-corrected chi connectivity index (χ3v) is 20.3. The minimum atomic E-state index is -0.295. The summed E-state index contributed by atoms with van der Waals surface area (Å²) in [5.41, 5.74) is 27.6. The van der Waals surface area contributed by atoms with E-state index in [2.05, 4.69) is 289 Å². The number of benzene rings is 10. The summed E-state index contributed by atoms with van der Waals surface area (Å²) in [6.45, 7) is 21.7. The predicted octanol–water partition coefficient (Wildman–Crippen LogP) is 19.1. The largest absolute Gasteiger partial charge is 0.375 e. The zero-order chi connectivity index (χ0) is 54.4. The van der Waals surface area contributed by atoms with Crippen LogP contribution in [0.2, 0.25) is 0 Å². The summed E-state index contributed by atoms with van der Waals surface area (Å²) in [6, 6.07) is 81.3. The molecule has 80 heavy (non-hydrogen) atoms. The van der Waals surface area contributed by atoms with E-state index in [0.717, 1.165) is 17.1 Å². The average molecular weight is 1050 g/mol. The lowest BCUT2D eigenvalue weighted by Crippen LogP contribution is -2.57. The van der Waals surface area contributed by atoms with Crippen LogP contribution in [0.25, 0.3) is 64.6 Å². The zero-order valence-corrected chi connectivity index (χ0v) is 47.9. The van der Waals surface area contributed by atoms with Gasteiger partial charge in [-0.3, -0.25) is 0 Å². The van der Waals surface area contributed by atoms with Gasteiger partial charge in [-0.2, -0.15) is 0 Å². The molecule has 2 aromatic heterocycles. The van der Waals surface area contributed by atoms with Gasteiger partial charge in [-0.15, -0.1) is 11.3 Å². The molecule has 0 unspecified atom stereocenters. The van der Waals surface area contributed by atoms with E-state index in [1.54, 1.807) is 0 Å². The second kappa shape index (κ2) is 16.4. The Hall–Kier alpha value is -8.38. The zero-order valence-electron chi connectivity index (χ0n) is 47.0. The molecule has 12 aromatic rings. The summed E-state index contributed by atoms with van der Waals surface area (Å²) in [7, 11) is 0. The molecule has 0 bridgehead atoms. The van der Waals surface area contributed by atoms with E-state index in [4.69, 9.17) is 0 Å². The number of thiophene rings is 1. The maximum atomic E-state index is 2.86. The third-order valence-electron chi connectivity index (χ3n) is 19.1. The van der Waals surface area contributed by atoms with E-state index >= 15 is 0 Å². The second-order valence-corrected chi connectivity index (χ2v) is 26.7. The highest BCUT2D eigenvalue weighted by Crippen LogP contribution is 2.60. The summed E-state index contributed by atoms with van der Waals surface area (Å²) >= 11 is 1.96. The van der Waals surface area contributed by atoms with Crippen molar-refractivity contribution in [3.05, 3.63) is 251 Å². The first-order valence-corrected chi connectivity index (χ1v) is 29.4. The van der Waals surface area contributed by atoms with Crippen LogP contribution in [0.3, 0.4) is 0 Å². The molecule has 0 fully saturated rings. The van der Waals surface area contributed by atoms with Crippen LogP contribution in [0, 0.1) is 0 Å². The van der Waals surface area contributed by atoms with Crippen LogP contribution in [0.1, 0.15) is 101 Å². The van der Waals surface area contributed by atoms with Crippen LogP contribution in [-0.2, 0) is 21.7 Å². The Morgan fingerprint density at radius 3 is 1.73 bits per heavy atom. The van der Waals surface area contributed by atoms with Crippen molar-refractivity contribution in [2.75, 3.05) is 9.80 Å². The van der Waals surface area contributed by atoms with E-state index < -0.39 is 0 Å². The van der Waals surface area contributed by atoms with Crippen molar-refractivity contribution >= 4 is 94.3 Å². The minimum Gasteiger partial charge on any atom is -0.375 e. The molecule has 0 amide bonds. The first-order valence-electron chi connectivity index (χ1n) is 28.6. The smallest absolute Gasteiger partial charge is 0.333 e. The summed E-state index contributed by atoms with van der Waals surface area (Å²) in [5, 5.41) is 3.91. The Balaban J connectivity index is 1.13. The standard InChI is InChI=1S/C75H62BN3S/c1-72(2,3)46-37-38-62(52(39-46)45-25-13-10-14-26-45)78-63-44-60-59(73(4,5)57-34-22-23-35-58(57)74(60,6)7)43-61(63)76-68-64(78)42-53-50-31-20-24-36-65(50)80-71(53)66(68)54-40-49(77(47-27-15-11-16-28-47)48-29-17-12-18-30-48)41-55-67-70(79(76)69(54)55)51-32-19-21-33-56(51)75(67,8)9/h10-44H,1-9H3. The maximum Gasteiger partial charge on any atom is 0.333 e. The highest BCUT2D eigenvalue weighted by Gasteiger charge is 2.51. The van der Waals surface area contributed by atoms with E-state index in [-0.39, 0.29) is 28.5 Å². The van der Waals surface area contributed by atoms with Gasteiger partial charge in [-0.1, -0.05) is 208 Å². The Bertz CT molecular complexity index is 4570. The van der Waals surface area contributed by atoms with Crippen molar-refractivity contribution in [1.29, 1.82) is 0 Å². The van der Waals surface area contributed by atoms with Crippen LogP contribution in [0.5, 0.6) is 0 Å². The Kier molecular flexibility index (Phi) is 9.74. The Morgan fingerprint density at radius 2 is 1.05 bits per heavy atom. The van der Waals surface area contributed by atoms with Crippen LogP contribution in [0.4, 0.5) is 34.1 Å². The highest BCUT2D eigenvalue weighted by molar-refractivity contribution is 7.26. The van der Waals surface area contributed by atoms with Crippen LogP contribution in [0.15, 0.2) is 212 Å². The van der Waals surface area contributed by atoms with E-state index in [0.29, 0.717) is 0 Å². The fraction of sp³-hybridized carbons (Fsp3) is 0.173. The van der Waals surface area contributed by atoms with Gasteiger partial charge < -0.3 is 14.3 Å². The molecule has 10 aromatic carbocycles. The molecule has 0 saturated heterocycles. The molecule has 4 aliphatic rings. The number of anilines is 6. The second-order valence-electron chi connectivity index (χ2n) is 25.7. The van der Waals surface area contributed by atoms with Crippen molar-refractivity contribution in [3.8, 4) is 33.5 Å². The molecule has 0 atom stereocenters. The van der Waals surface area contributed by atoms with Gasteiger partial charge in [0.05, 0.1) is 5.69 Å². The molecular formula is C75H62BN3S.